The van der Waals surface area contributed by atoms with Crippen molar-refractivity contribution >= 4 is 0 Å². The number of hydrogen-bond acceptors (Lipinski definition) is 4. The van der Waals surface area contributed by atoms with Crippen molar-refractivity contribution in [3.63, 3.8) is 0 Å². The van der Waals surface area contributed by atoms with Gasteiger partial charge in [-0.3, -0.25) is 9.80 Å². The van der Waals surface area contributed by atoms with E-state index in [4.69, 9.17) is 10.5 Å². The highest BCUT2D eigenvalue weighted by Crippen LogP contribution is 2.06. The van der Waals surface area contributed by atoms with Crippen LogP contribution in [0.5, 0.6) is 0 Å². The summed E-state index contributed by atoms with van der Waals surface area (Å²) in [6.07, 6.45) is 0.562. The van der Waals surface area contributed by atoms with Crippen LogP contribution in [0.4, 0.5) is 0 Å². The zero-order valence-electron chi connectivity index (χ0n) is 8.65. The minimum Gasteiger partial charge on any atom is -0.294 e. The summed E-state index contributed by atoms with van der Waals surface area (Å²) in [5.41, 5.74) is 0. The number of rotatable bonds is 4. The topological polar surface area (TPSA) is 54.1 Å². The van der Waals surface area contributed by atoms with E-state index >= 15 is 0 Å². The minimum atomic E-state index is -0.188. The highest BCUT2D eigenvalue weighted by molar-refractivity contribution is 4.99. The van der Waals surface area contributed by atoms with Crippen molar-refractivity contribution in [2.24, 2.45) is 0 Å². The maximum atomic E-state index is 8.80. The summed E-state index contributed by atoms with van der Waals surface area (Å²) in [6, 6.07) is 3.96. The molecule has 0 fully saturated rings. The van der Waals surface area contributed by atoms with Crippen molar-refractivity contribution in [1.82, 2.24) is 9.80 Å². The zero-order chi connectivity index (χ0) is 10.4. The summed E-state index contributed by atoms with van der Waals surface area (Å²) >= 11 is 0. The Kier molecular flexibility index (Phi) is 5.06. The van der Waals surface area contributed by atoms with Crippen LogP contribution in [0.3, 0.4) is 0 Å². The van der Waals surface area contributed by atoms with E-state index in [0.717, 1.165) is 0 Å². The Morgan fingerprint density at radius 1 is 0.923 bits per heavy atom. The molecule has 0 radical (unpaired) electrons. The predicted octanol–water partition coefficient (Wildman–Crippen LogP) is 0.284. The first-order chi connectivity index (χ1) is 6.02. The summed E-state index contributed by atoms with van der Waals surface area (Å²) < 4.78 is 0. The highest BCUT2D eigenvalue weighted by atomic mass is 15.1. The Hall–Kier alpha value is -1.10. The van der Waals surface area contributed by atoms with Crippen LogP contribution in [0, 0.1) is 22.7 Å². The molecule has 4 heteroatoms. The van der Waals surface area contributed by atoms with Gasteiger partial charge in [-0.05, 0) is 28.2 Å². The average Bonchev–Trinajstić information content (AvgIpc) is 2.05. The van der Waals surface area contributed by atoms with Crippen LogP contribution in [0.25, 0.3) is 0 Å². The molecule has 0 saturated heterocycles. The maximum Gasteiger partial charge on any atom is 0.0998 e. The van der Waals surface area contributed by atoms with Crippen molar-refractivity contribution in [3.8, 4) is 12.1 Å². The first-order valence-corrected chi connectivity index (χ1v) is 4.15. The van der Waals surface area contributed by atoms with Gasteiger partial charge in [0.2, 0.25) is 0 Å². The lowest BCUT2D eigenvalue weighted by molar-refractivity contribution is 0.261. The molecule has 0 heterocycles. The lowest BCUT2D eigenvalue weighted by Crippen LogP contribution is -2.36. The van der Waals surface area contributed by atoms with E-state index < -0.39 is 0 Å². The summed E-state index contributed by atoms with van der Waals surface area (Å²) in [7, 11) is 7.38. The van der Waals surface area contributed by atoms with E-state index in [1.54, 1.807) is 0 Å². The highest BCUT2D eigenvalue weighted by Gasteiger charge is 2.18. The van der Waals surface area contributed by atoms with Crippen LogP contribution >= 0.6 is 0 Å². The summed E-state index contributed by atoms with van der Waals surface area (Å²) in [6.45, 7) is 0. The molecule has 0 aliphatic carbocycles. The Labute approximate surface area is 80.0 Å². The summed E-state index contributed by atoms with van der Waals surface area (Å²) in [4.78, 5) is 3.65. The van der Waals surface area contributed by atoms with Crippen molar-refractivity contribution in [1.29, 1.82) is 10.5 Å². The lowest BCUT2D eigenvalue weighted by Gasteiger charge is -2.23. The number of nitrogens with zero attached hydrogens (tertiary/aromatic N) is 4. The fraction of sp³-hybridized carbons (Fsp3) is 0.778. The smallest absolute Gasteiger partial charge is 0.0998 e. The SMILES string of the molecule is CN(C)C(C#N)CC(C#N)N(C)C. The van der Waals surface area contributed by atoms with E-state index in [1.165, 1.54) is 0 Å². The summed E-state index contributed by atoms with van der Waals surface area (Å²) in [5, 5.41) is 17.6. The minimum absolute atomic E-state index is 0.188. The molecule has 13 heavy (non-hydrogen) atoms. The molecule has 0 aliphatic rings. The van der Waals surface area contributed by atoms with E-state index in [1.807, 2.05) is 38.0 Å². The van der Waals surface area contributed by atoms with E-state index in [0.29, 0.717) is 6.42 Å². The number of hydrogen-bond donors (Lipinski definition) is 0. The normalized spacial score (nSPS) is 15.1. The van der Waals surface area contributed by atoms with E-state index in [9.17, 15) is 0 Å². The second kappa shape index (κ2) is 5.53. The van der Waals surface area contributed by atoms with Gasteiger partial charge in [0, 0.05) is 6.42 Å². The lowest BCUT2D eigenvalue weighted by atomic mass is 10.1. The third-order valence-corrected chi connectivity index (χ3v) is 1.99. The van der Waals surface area contributed by atoms with Gasteiger partial charge in [-0.25, -0.2) is 0 Å². The monoisotopic (exact) mass is 180 g/mol. The predicted molar refractivity (Wildman–Crippen MR) is 50.8 cm³/mol. The van der Waals surface area contributed by atoms with Crippen LogP contribution in [0.1, 0.15) is 6.42 Å². The molecule has 0 N–H and O–H groups in total. The largest absolute Gasteiger partial charge is 0.294 e. The molecular formula is C9H16N4. The van der Waals surface area contributed by atoms with Gasteiger partial charge in [-0.1, -0.05) is 0 Å². The Morgan fingerprint density at radius 3 is 1.38 bits per heavy atom. The first kappa shape index (κ1) is 11.9. The maximum absolute atomic E-state index is 8.80. The van der Waals surface area contributed by atoms with Crippen LogP contribution in [0.15, 0.2) is 0 Å². The Balaban J connectivity index is 4.24. The van der Waals surface area contributed by atoms with Gasteiger partial charge in [-0.2, -0.15) is 10.5 Å². The molecule has 0 aromatic heterocycles. The fourth-order valence-corrected chi connectivity index (χ4v) is 0.969. The van der Waals surface area contributed by atoms with E-state index in [-0.39, 0.29) is 12.1 Å². The molecule has 0 amide bonds. The van der Waals surface area contributed by atoms with Crippen LogP contribution < -0.4 is 0 Å². The third-order valence-electron chi connectivity index (χ3n) is 1.99. The van der Waals surface area contributed by atoms with Gasteiger partial charge in [-0.15, -0.1) is 0 Å². The van der Waals surface area contributed by atoms with Crippen molar-refractivity contribution < 1.29 is 0 Å². The standard InChI is InChI=1S/C9H16N4/c1-12(2)8(6-10)5-9(7-11)13(3)4/h8-9H,5H2,1-4H3. The van der Waals surface area contributed by atoms with Crippen molar-refractivity contribution in [2.75, 3.05) is 28.2 Å². The third kappa shape index (κ3) is 3.89. The van der Waals surface area contributed by atoms with Gasteiger partial charge in [0.05, 0.1) is 24.2 Å². The van der Waals surface area contributed by atoms with Crippen LogP contribution in [-0.2, 0) is 0 Å². The molecule has 0 saturated carbocycles. The van der Waals surface area contributed by atoms with Crippen molar-refractivity contribution in [3.05, 3.63) is 0 Å². The van der Waals surface area contributed by atoms with Gasteiger partial charge >= 0.3 is 0 Å². The molecule has 0 spiro atoms. The average molecular weight is 180 g/mol. The molecule has 0 aromatic carbocycles. The van der Waals surface area contributed by atoms with Gasteiger partial charge < -0.3 is 0 Å². The van der Waals surface area contributed by atoms with Crippen LogP contribution in [0.2, 0.25) is 0 Å². The molecule has 0 rings (SSSR count). The van der Waals surface area contributed by atoms with E-state index in [2.05, 4.69) is 12.1 Å². The fourth-order valence-electron chi connectivity index (χ4n) is 0.969. The Bertz CT molecular complexity index is 197. The first-order valence-electron chi connectivity index (χ1n) is 4.15. The molecule has 0 aliphatic heterocycles. The molecular weight excluding hydrogens is 164 g/mol. The molecule has 72 valence electrons. The second-order valence-corrected chi connectivity index (χ2v) is 3.45. The molecule has 4 nitrogen and oxygen atoms in total. The van der Waals surface area contributed by atoms with Gasteiger partial charge in [0.1, 0.15) is 0 Å². The van der Waals surface area contributed by atoms with Crippen LogP contribution in [-0.4, -0.2) is 50.1 Å². The second-order valence-electron chi connectivity index (χ2n) is 3.45. The molecule has 2 atom stereocenters. The zero-order valence-corrected chi connectivity index (χ0v) is 8.65. The van der Waals surface area contributed by atoms with Crippen molar-refractivity contribution in [2.45, 2.75) is 18.5 Å². The van der Waals surface area contributed by atoms with Gasteiger partial charge in [0.25, 0.3) is 0 Å². The molecule has 2 unspecified atom stereocenters. The Morgan fingerprint density at radius 2 is 1.23 bits per heavy atom. The molecule has 0 aromatic rings. The summed E-state index contributed by atoms with van der Waals surface area (Å²) in [5.74, 6) is 0. The number of nitriles is 2. The quantitative estimate of drug-likeness (QED) is 0.623. The molecule has 0 bridgehead atoms. The van der Waals surface area contributed by atoms with Gasteiger partial charge in [0.15, 0.2) is 0 Å².